The SMILES string of the molecule is CC(C)(C)C(=O)[C@H]1[C@H](c2ccc(C(F)(F)F)cc2)C(C#N)(C#N)[C@H]2C=Cc3ccccc3N12. The summed E-state index contributed by atoms with van der Waals surface area (Å²) in [6.07, 6.45) is -0.939. The molecule has 1 saturated heterocycles. The molecule has 0 N–H and O–H groups in total. The summed E-state index contributed by atoms with van der Waals surface area (Å²) in [7, 11) is 0. The summed E-state index contributed by atoms with van der Waals surface area (Å²) in [5.74, 6) is -1.13. The number of para-hydroxylation sites is 1. The van der Waals surface area contributed by atoms with E-state index in [9.17, 15) is 28.5 Å². The van der Waals surface area contributed by atoms with Gasteiger partial charge in [-0.15, -0.1) is 0 Å². The zero-order valence-corrected chi connectivity index (χ0v) is 18.4. The Balaban J connectivity index is 1.98. The van der Waals surface area contributed by atoms with Crippen LogP contribution in [0.5, 0.6) is 0 Å². The maximum atomic E-state index is 13.8. The first-order chi connectivity index (χ1) is 15.5. The topological polar surface area (TPSA) is 67.9 Å². The highest BCUT2D eigenvalue weighted by molar-refractivity contribution is 5.96. The first-order valence-electron chi connectivity index (χ1n) is 10.6. The molecule has 0 aliphatic carbocycles. The highest BCUT2D eigenvalue weighted by Gasteiger charge is 2.64. The average molecular weight is 449 g/mol. The van der Waals surface area contributed by atoms with Crippen LogP contribution in [0.1, 0.15) is 43.4 Å². The number of ketones is 1. The second-order valence-electron chi connectivity index (χ2n) is 9.52. The van der Waals surface area contributed by atoms with Gasteiger partial charge in [-0.05, 0) is 29.3 Å². The summed E-state index contributed by atoms with van der Waals surface area (Å²) < 4.78 is 39.5. The van der Waals surface area contributed by atoms with Gasteiger partial charge in [0.15, 0.2) is 11.2 Å². The van der Waals surface area contributed by atoms with Gasteiger partial charge < -0.3 is 4.90 Å². The average Bonchev–Trinajstić information content (AvgIpc) is 3.08. The Morgan fingerprint density at radius 2 is 1.61 bits per heavy atom. The van der Waals surface area contributed by atoms with E-state index >= 15 is 0 Å². The number of carbonyl (C=O) groups is 1. The molecule has 33 heavy (non-hydrogen) atoms. The fourth-order valence-electron chi connectivity index (χ4n) is 4.93. The van der Waals surface area contributed by atoms with Gasteiger partial charge in [0.05, 0.1) is 29.8 Å². The Kier molecular flexibility index (Phi) is 5.13. The number of halogens is 3. The minimum absolute atomic E-state index is 0.185. The van der Waals surface area contributed by atoms with Crippen molar-refractivity contribution in [3.05, 3.63) is 71.3 Å². The Morgan fingerprint density at radius 3 is 2.15 bits per heavy atom. The smallest absolute Gasteiger partial charge is 0.351 e. The summed E-state index contributed by atoms with van der Waals surface area (Å²) in [6, 6.07) is 14.5. The Morgan fingerprint density at radius 1 is 1.00 bits per heavy atom. The number of Topliss-reactive ketones (excluding diaryl/α,β-unsaturated/α-hetero) is 1. The van der Waals surface area contributed by atoms with Crippen molar-refractivity contribution in [3.8, 4) is 12.1 Å². The van der Waals surface area contributed by atoms with Gasteiger partial charge in [-0.1, -0.05) is 63.3 Å². The standard InChI is InChI=1S/C26H22F3N3O/c1-24(2,3)23(33)22-21(17-8-11-18(12-9-17)26(27,28)29)25(14-30,15-31)20-13-10-16-6-4-5-7-19(16)32(20)22/h4-13,20-22H,1-3H3/t20-,21+,22-/m1/s1. The molecular weight excluding hydrogens is 427 g/mol. The van der Waals surface area contributed by atoms with Crippen molar-refractivity contribution in [3.63, 3.8) is 0 Å². The number of nitrogens with zero attached hydrogens (tertiary/aromatic N) is 3. The molecule has 0 spiro atoms. The number of benzene rings is 2. The van der Waals surface area contributed by atoms with Crippen LogP contribution in [-0.4, -0.2) is 17.9 Å². The predicted molar refractivity (Wildman–Crippen MR) is 118 cm³/mol. The molecule has 0 amide bonds. The number of nitriles is 2. The lowest BCUT2D eigenvalue weighted by Gasteiger charge is -2.37. The van der Waals surface area contributed by atoms with E-state index in [-0.39, 0.29) is 5.78 Å². The van der Waals surface area contributed by atoms with E-state index in [1.807, 2.05) is 35.2 Å². The fourth-order valence-corrected chi connectivity index (χ4v) is 4.93. The third kappa shape index (κ3) is 3.40. The third-order valence-corrected chi connectivity index (χ3v) is 6.52. The number of alkyl halides is 3. The van der Waals surface area contributed by atoms with E-state index in [1.165, 1.54) is 12.1 Å². The first-order valence-corrected chi connectivity index (χ1v) is 10.6. The minimum Gasteiger partial charge on any atom is -0.351 e. The van der Waals surface area contributed by atoms with Gasteiger partial charge in [-0.25, -0.2) is 0 Å². The molecule has 0 radical (unpaired) electrons. The van der Waals surface area contributed by atoms with E-state index in [2.05, 4.69) is 12.1 Å². The second-order valence-corrected chi connectivity index (χ2v) is 9.52. The Hall–Kier alpha value is -3.58. The lowest BCUT2D eigenvalue weighted by molar-refractivity contribution is -0.137. The van der Waals surface area contributed by atoms with Gasteiger partial charge in [0.2, 0.25) is 0 Å². The number of rotatable bonds is 2. The number of carbonyl (C=O) groups excluding carboxylic acids is 1. The van der Waals surface area contributed by atoms with Gasteiger partial charge in [-0.3, -0.25) is 4.79 Å². The van der Waals surface area contributed by atoms with E-state index in [4.69, 9.17) is 0 Å². The van der Waals surface area contributed by atoms with Crippen LogP contribution in [-0.2, 0) is 11.0 Å². The van der Waals surface area contributed by atoms with Gasteiger partial charge in [0.1, 0.15) is 0 Å². The van der Waals surface area contributed by atoms with Crippen molar-refractivity contribution in [2.75, 3.05) is 4.90 Å². The number of hydrogen-bond donors (Lipinski definition) is 0. The zero-order chi connectivity index (χ0) is 24.2. The maximum Gasteiger partial charge on any atom is 0.416 e. The van der Waals surface area contributed by atoms with Crippen LogP contribution in [0.15, 0.2) is 54.6 Å². The molecule has 0 aromatic heterocycles. The van der Waals surface area contributed by atoms with Crippen molar-refractivity contribution in [2.45, 2.75) is 44.9 Å². The monoisotopic (exact) mass is 449 g/mol. The summed E-state index contributed by atoms with van der Waals surface area (Å²) in [4.78, 5) is 15.6. The van der Waals surface area contributed by atoms with Crippen molar-refractivity contribution >= 4 is 17.5 Å². The predicted octanol–water partition coefficient (Wildman–Crippen LogP) is 5.72. The van der Waals surface area contributed by atoms with Gasteiger partial charge in [0, 0.05) is 17.0 Å². The van der Waals surface area contributed by atoms with E-state index in [1.54, 1.807) is 26.8 Å². The maximum absolute atomic E-state index is 13.8. The first kappa shape index (κ1) is 22.6. The summed E-state index contributed by atoms with van der Waals surface area (Å²) >= 11 is 0. The van der Waals surface area contributed by atoms with Crippen LogP contribution in [0.3, 0.4) is 0 Å². The van der Waals surface area contributed by atoms with Crippen LogP contribution in [0.2, 0.25) is 0 Å². The molecule has 0 bridgehead atoms. The van der Waals surface area contributed by atoms with E-state index in [0.29, 0.717) is 5.56 Å². The second kappa shape index (κ2) is 7.49. The molecule has 4 nitrogen and oxygen atoms in total. The van der Waals surface area contributed by atoms with Crippen LogP contribution in [0.4, 0.5) is 18.9 Å². The lowest BCUT2D eigenvalue weighted by atomic mass is 9.67. The largest absolute Gasteiger partial charge is 0.416 e. The molecule has 4 rings (SSSR count). The van der Waals surface area contributed by atoms with E-state index in [0.717, 1.165) is 23.4 Å². The summed E-state index contributed by atoms with van der Waals surface area (Å²) in [6.45, 7) is 5.29. The molecule has 2 aromatic carbocycles. The molecule has 2 aromatic rings. The van der Waals surface area contributed by atoms with Crippen LogP contribution in [0, 0.1) is 33.5 Å². The van der Waals surface area contributed by atoms with E-state index < -0.39 is 40.6 Å². The molecule has 0 saturated carbocycles. The fraction of sp³-hybridized carbons (Fsp3) is 0.346. The highest BCUT2D eigenvalue weighted by Crippen LogP contribution is 2.56. The Bertz CT molecular complexity index is 1200. The molecule has 2 aliphatic heterocycles. The lowest BCUT2D eigenvalue weighted by Crippen LogP contribution is -2.47. The molecule has 0 unspecified atom stereocenters. The summed E-state index contributed by atoms with van der Waals surface area (Å²) in [5, 5.41) is 20.6. The van der Waals surface area contributed by atoms with Crippen LogP contribution < -0.4 is 4.90 Å². The zero-order valence-electron chi connectivity index (χ0n) is 18.4. The van der Waals surface area contributed by atoms with Crippen LogP contribution in [0.25, 0.3) is 6.08 Å². The quantitative estimate of drug-likeness (QED) is 0.588. The van der Waals surface area contributed by atoms with Gasteiger partial charge >= 0.3 is 6.18 Å². The minimum atomic E-state index is -4.52. The van der Waals surface area contributed by atoms with Crippen molar-refractivity contribution in [2.24, 2.45) is 10.8 Å². The Labute approximate surface area is 190 Å². The van der Waals surface area contributed by atoms with Crippen molar-refractivity contribution in [1.29, 1.82) is 10.5 Å². The normalized spacial score (nSPS) is 23.3. The molecule has 7 heteroatoms. The third-order valence-electron chi connectivity index (χ3n) is 6.52. The number of anilines is 1. The number of fused-ring (bicyclic) bond motifs is 3. The molecular formula is C26H22F3N3O. The molecule has 2 heterocycles. The van der Waals surface area contributed by atoms with Gasteiger partial charge in [-0.2, -0.15) is 23.7 Å². The molecule has 3 atom stereocenters. The molecule has 2 aliphatic rings. The van der Waals surface area contributed by atoms with Crippen molar-refractivity contribution < 1.29 is 18.0 Å². The van der Waals surface area contributed by atoms with Crippen LogP contribution >= 0.6 is 0 Å². The van der Waals surface area contributed by atoms with Crippen molar-refractivity contribution in [1.82, 2.24) is 0 Å². The highest BCUT2D eigenvalue weighted by atomic mass is 19.4. The van der Waals surface area contributed by atoms with Gasteiger partial charge in [0.25, 0.3) is 0 Å². The molecule has 1 fully saturated rings. The number of hydrogen-bond acceptors (Lipinski definition) is 4. The summed E-state index contributed by atoms with van der Waals surface area (Å²) in [5.41, 5.74) is -1.39. The molecule has 168 valence electrons.